The second-order valence-corrected chi connectivity index (χ2v) is 8.20. The quantitative estimate of drug-likeness (QED) is 0.454. The van der Waals surface area contributed by atoms with E-state index in [4.69, 9.17) is 21.1 Å². The highest BCUT2D eigenvalue weighted by Crippen LogP contribution is 2.38. The first-order valence-electron chi connectivity index (χ1n) is 10.4. The summed E-state index contributed by atoms with van der Waals surface area (Å²) in [7, 11) is 0. The fourth-order valence-corrected chi connectivity index (χ4v) is 4.12. The first kappa shape index (κ1) is 22.8. The molecule has 4 rings (SSSR count). The standard InChI is InChI=1S/C25H23ClF3NO2/c26-20-9-7-19(8-10-20)25(32-15-17-4-2-1-3-5-17)12-13-30-14-22(25)31-16-18-6-11-21(27)24(29)23(18)28/h1-11,22,30H,12-16H2/t22-,25-/m0/s1. The Morgan fingerprint density at radius 3 is 2.41 bits per heavy atom. The predicted octanol–water partition coefficient (Wildman–Crippen LogP) is 5.75. The molecular weight excluding hydrogens is 439 g/mol. The van der Waals surface area contributed by atoms with Gasteiger partial charge in [0.2, 0.25) is 0 Å². The summed E-state index contributed by atoms with van der Waals surface area (Å²) in [4.78, 5) is 0. The zero-order chi connectivity index (χ0) is 22.6. The summed E-state index contributed by atoms with van der Waals surface area (Å²) in [6.07, 6.45) is 0.0977. The predicted molar refractivity (Wildman–Crippen MR) is 117 cm³/mol. The van der Waals surface area contributed by atoms with Gasteiger partial charge >= 0.3 is 0 Å². The molecule has 3 aromatic carbocycles. The van der Waals surface area contributed by atoms with Gasteiger partial charge < -0.3 is 14.8 Å². The lowest BCUT2D eigenvalue weighted by molar-refractivity contribution is -0.176. The lowest BCUT2D eigenvalue weighted by Crippen LogP contribution is -2.54. The summed E-state index contributed by atoms with van der Waals surface area (Å²) in [5, 5.41) is 3.88. The molecule has 0 unspecified atom stereocenters. The van der Waals surface area contributed by atoms with Crippen LogP contribution in [-0.2, 0) is 28.3 Å². The molecule has 0 bridgehead atoms. The summed E-state index contributed by atoms with van der Waals surface area (Å²) >= 11 is 6.10. The van der Waals surface area contributed by atoms with E-state index in [1.807, 2.05) is 42.5 Å². The van der Waals surface area contributed by atoms with Crippen molar-refractivity contribution in [1.82, 2.24) is 5.32 Å². The van der Waals surface area contributed by atoms with Gasteiger partial charge in [0.15, 0.2) is 17.5 Å². The van der Waals surface area contributed by atoms with E-state index in [2.05, 4.69) is 5.32 Å². The van der Waals surface area contributed by atoms with Crippen LogP contribution in [0.1, 0.15) is 23.1 Å². The maximum Gasteiger partial charge on any atom is 0.194 e. The maximum absolute atomic E-state index is 14.2. The summed E-state index contributed by atoms with van der Waals surface area (Å²) in [5.41, 5.74) is 1.00. The number of ether oxygens (including phenoxy) is 2. The average molecular weight is 462 g/mol. The van der Waals surface area contributed by atoms with Crippen LogP contribution < -0.4 is 5.32 Å². The van der Waals surface area contributed by atoms with E-state index in [9.17, 15) is 13.2 Å². The van der Waals surface area contributed by atoms with E-state index in [1.54, 1.807) is 12.1 Å². The second-order valence-electron chi connectivity index (χ2n) is 7.76. The van der Waals surface area contributed by atoms with Crippen LogP contribution in [-0.4, -0.2) is 19.2 Å². The smallest absolute Gasteiger partial charge is 0.194 e. The van der Waals surface area contributed by atoms with Gasteiger partial charge in [-0.15, -0.1) is 0 Å². The van der Waals surface area contributed by atoms with Gasteiger partial charge in [0, 0.05) is 17.1 Å². The van der Waals surface area contributed by atoms with Gasteiger partial charge in [-0.1, -0.05) is 60.1 Å². The van der Waals surface area contributed by atoms with Crippen LogP contribution in [0.4, 0.5) is 13.2 Å². The molecule has 0 saturated carbocycles. The molecule has 3 aromatic rings. The molecule has 0 spiro atoms. The zero-order valence-corrected chi connectivity index (χ0v) is 18.0. The van der Waals surface area contributed by atoms with E-state index in [0.717, 1.165) is 17.2 Å². The topological polar surface area (TPSA) is 30.5 Å². The molecule has 3 nitrogen and oxygen atoms in total. The zero-order valence-electron chi connectivity index (χ0n) is 17.3. The highest BCUT2D eigenvalue weighted by Gasteiger charge is 2.44. The number of hydrogen-bond donors (Lipinski definition) is 1. The van der Waals surface area contributed by atoms with Gasteiger partial charge in [-0.2, -0.15) is 0 Å². The molecule has 0 amide bonds. The monoisotopic (exact) mass is 461 g/mol. The SMILES string of the molecule is Fc1ccc(CO[C@H]2CNCC[C@]2(OCc2ccccc2)c2ccc(Cl)cc2)c(F)c1F. The molecule has 1 saturated heterocycles. The first-order chi connectivity index (χ1) is 15.5. The van der Waals surface area contributed by atoms with Crippen LogP contribution in [0.2, 0.25) is 5.02 Å². The van der Waals surface area contributed by atoms with Crippen LogP contribution >= 0.6 is 11.6 Å². The Bertz CT molecular complexity index is 1050. The van der Waals surface area contributed by atoms with Crippen LogP contribution in [0.25, 0.3) is 0 Å². The fraction of sp³-hybridized carbons (Fsp3) is 0.280. The van der Waals surface area contributed by atoms with E-state index in [0.29, 0.717) is 31.1 Å². The van der Waals surface area contributed by atoms with Gasteiger partial charge in [-0.05, 0) is 42.3 Å². The molecule has 1 aliphatic heterocycles. The van der Waals surface area contributed by atoms with Crippen LogP contribution in [0, 0.1) is 17.5 Å². The Balaban J connectivity index is 1.63. The fourth-order valence-electron chi connectivity index (χ4n) is 3.99. The van der Waals surface area contributed by atoms with E-state index < -0.39 is 29.2 Å². The molecule has 0 aromatic heterocycles. The minimum Gasteiger partial charge on any atom is -0.369 e. The van der Waals surface area contributed by atoms with Crippen molar-refractivity contribution >= 4 is 11.6 Å². The summed E-state index contributed by atoms with van der Waals surface area (Å²) in [6, 6.07) is 19.2. The molecule has 0 radical (unpaired) electrons. The van der Waals surface area contributed by atoms with Crippen molar-refractivity contribution in [2.24, 2.45) is 0 Å². The van der Waals surface area contributed by atoms with E-state index >= 15 is 0 Å². The van der Waals surface area contributed by atoms with Crippen LogP contribution in [0.5, 0.6) is 0 Å². The minimum atomic E-state index is -1.50. The van der Waals surface area contributed by atoms with Crippen molar-refractivity contribution in [3.05, 3.63) is 106 Å². The van der Waals surface area contributed by atoms with Crippen LogP contribution in [0.15, 0.2) is 66.7 Å². The normalized spacial score (nSPS) is 20.9. The van der Waals surface area contributed by atoms with Crippen molar-refractivity contribution in [1.29, 1.82) is 0 Å². The van der Waals surface area contributed by atoms with E-state index in [-0.39, 0.29) is 12.2 Å². The molecule has 1 fully saturated rings. The van der Waals surface area contributed by atoms with Gasteiger partial charge in [-0.3, -0.25) is 0 Å². The highest BCUT2D eigenvalue weighted by molar-refractivity contribution is 6.30. The Kier molecular flexibility index (Phi) is 7.16. The van der Waals surface area contributed by atoms with Gasteiger partial charge in [-0.25, -0.2) is 13.2 Å². The molecule has 1 heterocycles. The molecule has 168 valence electrons. The molecule has 7 heteroatoms. The van der Waals surface area contributed by atoms with Crippen LogP contribution in [0.3, 0.4) is 0 Å². The maximum atomic E-state index is 14.2. The van der Waals surface area contributed by atoms with Gasteiger partial charge in [0.05, 0.1) is 13.2 Å². The molecular formula is C25H23ClF3NO2. The Morgan fingerprint density at radius 1 is 0.906 bits per heavy atom. The summed E-state index contributed by atoms with van der Waals surface area (Å²) in [5.74, 6) is -3.97. The number of halogens is 4. The third-order valence-corrected chi connectivity index (χ3v) is 6.00. The lowest BCUT2D eigenvalue weighted by atomic mass is 9.82. The van der Waals surface area contributed by atoms with Gasteiger partial charge in [0.25, 0.3) is 0 Å². The number of benzene rings is 3. The summed E-state index contributed by atoms with van der Waals surface area (Å²) < 4.78 is 53.8. The molecule has 0 aliphatic carbocycles. The average Bonchev–Trinajstić information content (AvgIpc) is 2.82. The lowest BCUT2D eigenvalue weighted by Gasteiger charge is -2.44. The number of hydrogen-bond acceptors (Lipinski definition) is 3. The third-order valence-electron chi connectivity index (χ3n) is 5.75. The summed E-state index contributed by atoms with van der Waals surface area (Å²) in [6.45, 7) is 1.27. The van der Waals surface area contributed by atoms with Crippen molar-refractivity contribution < 1.29 is 22.6 Å². The number of piperidine rings is 1. The van der Waals surface area contributed by atoms with Gasteiger partial charge in [0.1, 0.15) is 11.7 Å². The van der Waals surface area contributed by atoms with Crippen molar-refractivity contribution in [2.75, 3.05) is 13.1 Å². The molecule has 1 aliphatic rings. The Labute approximate surface area is 190 Å². The second kappa shape index (κ2) is 10.0. The molecule has 2 atom stereocenters. The first-order valence-corrected chi connectivity index (χ1v) is 10.8. The third kappa shape index (κ3) is 4.84. The minimum absolute atomic E-state index is 0.0532. The number of nitrogens with one attached hydrogen (secondary N) is 1. The van der Waals surface area contributed by atoms with E-state index in [1.165, 1.54) is 6.07 Å². The Morgan fingerprint density at radius 2 is 1.66 bits per heavy atom. The van der Waals surface area contributed by atoms with Crippen molar-refractivity contribution in [3.63, 3.8) is 0 Å². The highest BCUT2D eigenvalue weighted by atomic mass is 35.5. The number of rotatable bonds is 7. The Hall–Kier alpha value is -2.38. The van der Waals surface area contributed by atoms with Crippen molar-refractivity contribution in [2.45, 2.75) is 31.3 Å². The van der Waals surface area contributed by atoms with Crippen molar-refractivity contribution in [3.8, 4) is 0 Å². The largest absolute Gasteiger partial charge is 0.369 e. The molecule has 1 N–H and O–H groups in total. The molecule has 32 heavy (non-hydrogen) atoms.